The molecule has 0 unspecified atom stereocenters. The third-order valence-electron chi connectivity index (χ3n) is 1.36. The molecule has 0 radical (unpaired) electrons. The van der Waals surface area contributed by atoms with Gasteiger partial charge in [0.15, 0.2) is 0 Å². The highest BCUT2D eigenvalue weighted by molar-refractivity contribution is 5.79. The zero-order valence-electron chi connectivity index (χ0n) is 8.08. The molecule has 92 valence electrons. The normalized spacial score (nSPS) is 12.7. The van der Waals surface area contributed by atoms with Gasteiger partial charge in [0, 0.05) is 0 Å². The number of amides is 1. The third-order valence-corrected chi connectivity index (χ3v) is 1.36. The summed E-state index contributed by atoms with van der Waals surface area (Å²) in [5.74, 6) is -1.78. The van der Waals surface area contributed by atoms with Crippen LogP contribution in [0.3, 0.4) is 0 Å². The van der Waals surface area contributed by atoms with Gasteiger partial charge in [0.1, 0.15) is 12.6 Å². The predicted molar refractivity (Wildman–Crippen MR) is 46.8 cm³/mol. The highest BCUT2D eigenvalue weighted by Crippen LogP contribution is 2.21. The maximum absolute atomic E-state index is 11.9. The van der Waals surface area contributed by atoms with E-state index in [4.69, 9.17) is 5.11 Å². The van der Waals surface area contributed by atoms with Crippen LogP contribution in [0.2, 0.25) is 0 Å². The number of rotatable bonds is 5. The topological polar surface area (TPSA) is 75.6 Å². The van der Waals surface area contributed by atoms with Gasteiger partial charge in [-0.1, -0.05) is 12.7 Å². The SMILES string of the molecule is C=CCOC(=O)N[C@@H](CC(F)(F)F)C(=O)O. The molecule has 0 fully saturated rings. The number of halogens is 3. The van der Waals surface area contributed by atoms with E-state index in [0.717, 1.165) is 0 Å². The lowest BCUT2D eigenvalue weighted by Gasteiger charge is -2.15. The summed E-state index contributed by atoms with van der Waals surface area (Å²) in [5.41, 5.74) is 0. The molecule has 16 heavy (non-hydrogen) atoms. The standard InChI is InChI=1S/C8H10F3NO4/c1-2-3-16-7(15)12-5(6(13)14)4-8(9,10)11/h2,5H,1,3-4H2,(H,12,15)(H,13,14)/t5-/m0/s1. The molecule has 2 N–H and O–H groups in total. The van der Waals surface area contributed by atoms with E-state index in [0.29, 0.717) is 0 Å². The van der Waals surface area contributed by atoms with E-state index in [-0.39, 0.29) is 6.61 Å². The first-order valence-electron chi connectivity index (χ1n) is 4.10. The molecule has 8 heteroatoms. The largest absolute Gasteiger partial charge is 0.480 e. The Bertz CT molecular complexity index is 277. The van der Waals surface area contributed by atoms with Crippen molar-refractivity contribution >= 4 is 12.1 Å². The van der Waals surface area contributed by atoms with E-state index in [1.807, 2.05) is 0 Å². The molecule has 0 aromatic carbocycles. The van der Waals surface area contributed by atoms with Crippen molar-refractivity contribution in [2.75, 3.05) is 6.61 Å². The number of hydrogen-bond donors (Lipinski definition) is 2. The summed E-state index contributed by atoms with van der Waals surface area (Å²) >= 11 is 0. The molecule has 0 aliphatic carbocycles. The molecule has 0 aliphatic heterocycles. The minimum absolute atomic E-state index is 0.218. The zero-order valence-corrected chi connectivity index (χ0v) is 8.08. The van der Waals surface area contributed by atoms with Crippen LogP contribution in [0.4, 0.5) is 18.0 Å². The summed E-state index contributed by atoms with van der Waals surface area (Å²) < 4.78 is 40.0. The molecule has 0 saturated carbocycles. The highest BCUT2D eigenvalue weighted by atomic mass is 19.4. The summed E-state index contributed by atoms with van der Waals surface area (Å²) in [4.78, 5) is 21.2. The second kappa shape index (κ2) is 5.99. The fourth-order valence-corrected chi connectivity index (χ4v) is 0.750. The van der Waals surface area contributed by atoms with Crippen molar-refractivity contribution in [2.45, 2.75) is 18.6 Å². The molecule has 0 spiro atoms. The van der Waals surface area contributed by atoms with E-state index >= 15 is 0 Å². The number of ether oxygens (including phenoxy) is 1. The van der Waals surface area contributed by atoms with Crippen molar-refractivity contribution in [3.05, 3.63) is 12.7 Å². The van der Waals surface area contributed by atoms with Gasteiger partial charge in [-0.2, -0.15) is 13.2 Å². The lowest BCUT2D eigenvalue weighted by atomic mass is 10.2. The molecule has 0 bridgehead atoms. The van der Waals surface area contributed by atoms with Gasteiger partial charge in [0.25, 0.3) is 0 Å². The van der Waals surface area contributed by atoms with Crippen molar-refractivity contribution in [1.29, 1.82) is 0 Å². The van der Waals surface area contributed by atoms with Crippen LogP contribution < -0.4 is 5.32 Å². The van der Waals surface area contributed by atoms with Gasteiger partial charge in [0.2, 0.25) is 0 Å². The van der Waals surface area contributed by atoms with E-state index in [9.17, 15) is 22.8 Å². The molecular weight excluding hydrogens is 231 g/mol. The van der Waals surface area contributed by atoms with E-state index in [2.05, 4.69) is 11.3 Å². The zero-order chi connectivity index (χ0) is 12.8. The first kappa shape index (κ1) is 14.3. The number of carboxylic acids is 1. The van der Waals surface area contributed by atoms with Crippen LogP contribution >= 0.6 is 0 Å². The van der Waals surface area contributed by atoms with Crippen molar-refractivity contribution in [3.8, 4) is 0 Å². The number of hydrogen-bond acceptors (Lipinski definition) is 3. The number of alkyl halides is 3. The van der Waals surface area contributed by atoms with Crippen LogP contribution in [-0.4, -0.2) is 36.0 Å². The molecule has 0 aliphatic rings. The van der Waals surface area contributed by atoms with Crippen LogP contribution in [0.5, 0.6) is 0 Å². The lowest BCUT2D eigenvalue weighted by Crippen LogP contribution is -2.43. The Labute approximate surface area is 88.9 Å². The Morgan fingerprint density at radius 1 is 1.50 bits per heavy atom. The van der Waals surface area contributed by atoms with Gasteiger partial charge in [-0.3, -0.25) is 0 Å². The van der Waals surface area contributed by atoms with Crippen LogP contribution in [0, 0.1) is 0 Å². The van der Waals surface area contributed by atoms with E-state index in [1.165, 1.54) is 6.08 Å². The summed E-state index contributed by atoms with van der Waals surface area (Å²) in [6, 6.07) is -2.06. The second-order valence-electron chi connectivity index (χ2n) is 2.74. The minimum Gasteiger partial charge on any atom is -0.480 e. The number of aliphatic carboxylic acids is 1. The number of carboxylic acid groups (broad SMARTS) is 1. The third kappa shape index (κ3) is 6.68. The molecular formula is C8H10F3NO4. The number of alkyl carbamates (subject to hydrolysis) is 1. The lowest BCUT2D eigenvalue weighted by molar-refractivity contribution is -0.157. The Balaban J connectivity index is 4.29. The average molecular weight is 241 g/mol. The first-order chi connectivity index (χ1) is 7.26. The molecule has 0 heterocycles. The van der Waals surface area contributed by atoms with Crippen LogP contribution in [0.25, 0.3) is 0 Å². The Kier molecular flexibility index (Phi) is 5.34. The number of nitrogens with one attached hydrogen (secondary N) is 1. The van der Waals surface area contributed by atoms with Crippen molar-refractivity contribution < 1.29 is 32.6 Å². The van der Waals surface area contributed by atoms with Crippen LogP contribution in [0.15, 0.2) is 12.7 Å². The fourth-order valence-electron chi connectivity index (χ4n) is 0.750. The fraction of sp³-hybridized carbons (Fsp3) is 0.500. The first-order valence-corrected chi connectivity index (χ1v) is 4.10. The summed E-state index contributed by atoms with van der Waals surface area (Å²) in [6.07, 6.45) is -6.39. The van der Waals surface area contributed by atoms with Gasteiger partial charge in [0.05, 0.1) is 6.42 Å². The van der Waals surface area contributed by atoms with Gasteiger partial charge >= 0.3 is 18.2 Å². The van der Waals surface area contributed by atoms with Gasteiger partial charge < -0.3 is 15.2 Å². The smallest absolute Gasteiger partial charge is 0.408 e. The monoisotopic (exact) mass is 241 g/mol. The Morgan fingerprint density at radius 3 is 2.44 bits per heavy atom. The van der Waals surface area contributed by atoms with Gasteiger partial charge in [-0.15, -0.1) is 0 Å². The summed E-state index contributed by atoms with van der Waals surface area (Å²) in [6.45, 7) is 2.99. The maximum atomic E-state index is 11.9. The molecule has 1 atom stereocenters. The predicted octanol–water partition coefficient (Wildman–Crippen LogP) is 1.30. The van der Waals surface area contributed by atoms with Gasteiger partial charge in [-0.05, 0) is 0 Å². The Morgan fingerprint density at radius 2 is 2.06 bits per heavy atom. The number of carbonyl (C=O) groups is 2. The summed E-state index contributed by atoms with van der Waals surface area (Å²) in [7, 11) is 0. The van der Waals surface area contributed by atoms with E-state index < -0.39 is 30.7 Å². The Hall–Kier alpha value is -1.73. The molecule has 5 nitrogen and oxygen atoms in total. The van der Waals surface area contributed by atoms with E-state index in [1.54, 1.807) is 5.32 Å². The van der Waals surface area contributed by atoms with Crippen molar-refractivity contribution in [2.24, 2.45) is 0 Å². The van der Waals surface area contributed by atoms with Crippen LogP contribution in [0.1, 0.15) is 6.42 Å². The second-order valence-corrected chi connectivity index (χ2v) is 2.74. The number of carbonyl (C=O) groups excluding carboxylic acids is 1. The van der Waals surface area contributed by atoms with Crippen molar-refractivity contribution in [1.82, 2.24) is 5.32 Å². The maximum Gasteiger partial charge on any atom is 0.408 e. The quantitative estimate of drug-likeness (QED) is 0.711. The molecule has 0 aromatic heterocycles. The highest BCUT2D eigenvalue weighted by Gasteiger charge is 2.36. The summed E-state index contributed by atoms with van der Waals surface area (Å²) in [5, 5.41) is 10.00. The molecule has 0 saturated heterocycles. The molecule has 0 rings (SSSR count). The van der Waals surface area contributed by atoms with Gasteiger partial charge in [-0.25, -0.2) is 9.59 Å². The average Bonchev–Trinajstić information content (AvgIpc) is 2.11. The van der Waals surface area contributed by atoms with Crippen LogP contribution in [-0.2, 0) is 9.53 Å². The minimum atomic E-state index is -4.69. The molecule has 0 aromatic rings. The molecule has 1 amide bonds. The van der Waals surface area contributed by atoms with Crippen molar-refractivity contribution in [3.63, 3.8) is 0 Å².